The molecule has 4 heterocycles. The van der Waals surface area contributed by atoms with Gasteiger partial charge in [-0.15, -0.1) is 0 Å². The van der Waals surface area contributed by atoms with Gasteiger partial charge in [-0.1, -0.05) is 12.8 Å². The second kappa shape index (κ2) is 7.79. The van der Waals surface area contributed by atoms with Crippen LogP contribution in [0.4, 0.5) is 5.69 Å². The first-order valence-corrected chi connectivity index (χ1v) is 10.3. The highest BCUT2D eigenvalue weighted by atomic mass is 16.2. The number of likely N-dealkylation sites (tertiary alicyclic amines) is 1. The van der Waals surface area contributed by atoms with Gasteiger partial charge in [0.25, 0.3) is 0 Å². The van der Waals surface area contributed by atoms with Crippen molar-refractivity contribution < 1.29 is 4.79 Å². The number of rotatable bonds is 2. The van der Waals surface area contributed by atoms with Crippen LogP contribution in [0, 0.1) is 19.8 Å². The molecular formula is C21H29N5O. The highest BCUT2D eigenvalue weighted by Gasteiger charge is 2.30. The second-order valence-corrected chi connectivity index (χ2v) is 7.96. The molecule has 0 spiro atoms. The minimum atomic E-state index is 0.0957. The molecule has 144 valence electrons. The van der Waals surface area contributed by atoms with E-state index in [4.69, 9.17) is 0 Å². The van der Waals surface area contributed by atoms with Crippen LogP contribution in [0.1, 0.15) is 49.9 Å². The lowest BCUT2D eigenvalue weighted by molar-refractivity contribution is -0.135. The van der Waals surface area contributed by atoms with Gasteiger partial charge in [0.1, 0.15) is 5.52 Å². The molecule has 2 aliphatic rings. The number of carbonyl (C=O) groups excluding carboxylic acids is 1. The average molecular weight is 367 g/mol. The molecule has 0 aromatic carbocycles. The zero-order chi connectivity index (χ0) is 18.8. The van der Waals surface area contributed by atoms with Crippen molar-refractivity contribution in [2.45, 2.75) is 52.4 Å². The summed E-state index contributed by atoms with van der Waals surface area (Å²) in [5.41, 5.74) is 4.43. The van der Waals surface area contributed by atoms with Gasteiger partial charge in [-0.25, -0.2) is 15.0 Å². The number of aromatic nitrogens is 3. The maximum absolute atomic E-state index is 13.0. The Bertz CT molecular complexity index is 829. The number of piperidine rings is 1. The molecule has 4 rings (SSSR count). The number of aryl methyl sites for hydroxylation is 2. The van der Waals surface area contributed by atoms with E-state index in [1.807, 2.05) is 20.0 Å². The monoisotopic (exact) mass is 367 g/mol. The summed E-state index contributed by atoms with van der Waals surface area (Å²) in [6, 6.07) is 2.07. The quantitative estimate of drug-likeness (QED) is 0.815. The summed E-state index contributed by atoms with van der Waals surface area (Å²) in [6.07, 6.45) is 8.71. The zero-order valence-corrected chi connectivity index (χ0v) is 16.4. The molecule has 0 bridgehead atoms. The molecular weight excluding hydrogens is 338 g/mol. The average Bonchev–Trinajstić information content (AvgIpc) is 2.97. The molecule has 0 aliphatic carbocycles. The van der Waals surface area contributed by atoms with Gasteiger partial charge in [0.2, 0.25) is 5.91 Å². The molecule has 6 heteroatoms. The molecule has 2 saturated heterocycles. The van der Waals surface area contributed by atoms with Crippen molar-refractivity contribution in [1.82, 2.24) is 19.9 Å². The Morgan fingerprint density at radius 1 is 1.00 bits per heavy atom. The first-order chi connectivity index (χ1) is 13.1. The number of nitrogens with zero attached hydrogens (tertiary/aromatic N) is 5. The summed E-state index contributed by atoms with van der Waals surface area (Å²) in [7, 11) is 0. The smallest absolute Gasteiger partial charge is 0.227 e. The summed E-state index contributed by atoms with van der Waals surface area (Å²) in [5.74, 6) is 0.444. The van der Waals surface area contributed by atoms with Gasteiger partial charge in [0.05, 0.1) is 29.2 Å². The van der Waals surface area contributed by atoms with E-state index in [-0.39, 0.29) is 5.92 Å². The fraction of sp³-hybridized carbons (Fsp3) is 0.619. The Labute approximate surface area is 161 Å². The van der Waals surface area contributed by atoms with Crippen LogP contribution < -0.4 is 4.90 Å². The highest BCUT2D eigenvalue weighted by Crippen LogP contribution is 2.26. The minimum Gasteiger partial charge on any atom is -0.369 e. The van der Waals surface area contributed by atoms with Gasteiger partial charge in [-0.3, -0.25) is 4.79 Å². The van der Waals surface area contributed by atoms with Crippen molar-refractivity contribution in [3.63, 3.8) is 0 Å². The fourth-order valence-corrected chi connectivity index (χ4v) is 4.24. The lowest BCUT2D eigenvalue weighted by Crippen LogP contribution is -2.45. The largest absolute Gasteiger partial charge is 0.369 e. The van der Waals surface area contributed by atoms with Crippen molar-refractivity contribution in [2.75, 3.05) is 31.1 Å². The number of amides is 1. The van der Waals surface area contributed by atoms with Crippen LogP contribution in [0.2, 0.25) is 0 Å². The van der Waals surface area contributed by atoms with Crippen molar-refractivity contribution in [2.24, 2.45) is 5.92 Å². The SMILES string of the molecule is Cc1nc2cc(N3CCC[C@@H](C(=O)N4CCCCCC4)C3)cnc2nc1C. The number of hydrogen-bond acceptors (Lipinski definition) is 5. The normalized spacial score (nSPS) is 21.3. The summed E-state index contributed by atoms with van der Waals surface area (Å²) in [6.45, 7) is 7.55. The van der Waals surface area contributed by atoms with Crippen LogP contribution in [0.25, 0.3) is 11.2 Å². The van der Waals surface area contributed by atoms with E-state index >= 15 is 0 Å². The van der Waals surface area contributed by atoms with Gasteiger partial charge in [0, 0.05) is 26.2 Å². The lowest BCUT2D eigenvalue weighted by Gasteiger charge is -2.36. The van der Waals surface area contributed by atoms with E-state index in [0.717, 1.165) is 74.5 Å². The fourth-order valence-electron chi connectivity index (χ4n) is 4.24. The molecule has 0 unspecified atom stereocenters. The van der Waals surface area contributed by atoms with Gasteiger partial charge in [-0.05, 0) is 45.6 Å². The van der Waals surface area contributed by atoms with Crippen molar-refractivity contribution >= 4 is 22.8 Å². The topological polar surface area (TPSA) is 62.2 Å². The number of hydrogen-bond donors (Lipinski definition) is 0. The van der Waals surface area contributed by atoms with E-state index < -0.39 is 0 Å². The van der Waals surface area contributed by atoms with Crippen LogP contribution in [0.5, 0.6) is 0 Å². The number of anilines is 1. The Morgan fingerprint density at radius 2 is 1.74 bits per heavy atom. The van der Waals surface area contributed by atoms with Crippen LogP contribution in [-0.2, 0) is 4.79 Å². The molecule has 1 atom stereocenters. The first kappa shape index (κ1) is 18.1. The van der Waals surface area contributed by atoms with E-state index in [0.29, 0.717) is 11.6 Å². The van der Waals surface area contributed by atoms with Crippen molar-refractivity contribution in [1.29, 1.82) is 0 Å². The Kier molecular flexibility index (Phi) is 5.23. The van der Waals surface area contributed by atoms with Crippen molar-refractivity contribution in [3.05, 3.63) is 23.7 Å². The summed E-state index contributed by atoms with van der Waals surface area (Å²) in [5, 5.41) is 0. The maximum atomic E-state index is 13.0. The summed E-state index contributed by atoms with van der Waals surface area (Å²) < 4.78 is 0. The summed E-state index contributed by atoms with van der Waals surface area (Å²) >= 11 is 0. The van der Waals surface area contributed by atoms with E-state index in [9.17, 15) is 4.79 Å². The summed E-state index contributed by atoms with van der Waals surface area (Å²) in [4.78, 5) is 31.1. The van der Waals surface area contributed by atoms with Gasteiger partial charge in [0.15, 0.2) is 5.65 Å². The third-order valence-electron chi connectivity index (χ3n) is 5.97. The number of fused-ring (bicyclic) bond motifs is 1. The lowest BCUT2D eigenvalue weighted by atomic mass is 9.96. The maximum Gasteiger partial charge on any atom is 0.227 e. The predicted molar refractivity (Wildman–Crippen MR) is 107 cm³/mol. The zero-order valence-electron chi connectivity index (χ0n) is 16.4. The van der Waals surface area contributed by atoms with Gasteiger partial charge in [-0.2, -0.15) is 0 Å². The Hall–Kier alpha value is -2.24. The van der Waals surface area contributed by atoms with E-state index in [2.05, 4.69) is 30.8 Å². The van der Waals surface area contributed by atoms with Crippen LogP contribution in [-0.4, -0.2) is 51.9 Å². The predicted octanol–water partition coefficient (Wildman–Crippen LogP) is 3.26. The minimum absolute atomic E-state index is 0.0957. The van der Waals surface area contributed by atoms with Crippen LogP contribution in [0.15, 0.2) is 12.3 Å². The molecule has 2 aliphatic heterocycles. The highest BCUT2D eigenvalue weighted by molar-refractivity contribution is 5.80. The van der Waals surface area contributed by atoms with Crippen molar-refractivity contribution in [3.8, 4) is 0 Å². The molecule has 6 nitrogen and oxygen atoms in total. The van der Waals surface area contributed by atoms with Gasteiger partial charge < -0.3 is 9.80 Å². The standard InChI is InChI=1S/C21H29N5O/c1-15-16(2)24-20-19(23-15)12-18(13-22-20)26-11-7-8-17(14-26)21(27)25-9-5-3-4-6-10-25/h12-13,17H,3-11,14H2,1-2H3/t17-/m1/s1. The van der Waals surface area contributed by atoms with Crippen LogP contribution in [0.3, 0.4) is 0 Å². The molecule has 2 fully saturated rings. The van der Waals surface area contributed by atoms with E-state index in [1.54, 1.807) is 0 Å². The molecule has 0 radical (unpaired) electrons. The first-order valence-electron chi connectivity index (χ1n) is 10.3. The molecule has 2 aromatic rings. The van der Waals surface area contributed by atoms with Gasteiger partial charge >= 0.3 is 0 Å². The second-order valence-electron chi connectivity index (χ2n) is 7.96. The molecule has 0 N–H and O–H groups in total. The molecule has 0 saturated carbocycles. The van der Waals surface area contributed by atoms with E-state index in [1.165, 1.54) is 12.8 Å². The Balaban J connectivity index is 1.51. The molecule has 27 heavy (non-hydrogen) atoms. The molecule has 1 amide bonds. The third-order valence-corrected chi connectivity index (χ3v) is 5.97. The third kappa shape index (κ3) is 3.89. The number of pyridine rings is 1. The van der Waals surface area contributed by atoms with Crippen LogP contribution >= 0.6 is 0 Å². The Morgan fingerprint density at radius 3 is 2.52 bits per heavy atom. The number of carbonyl (C=O) groups is 1. The molecule has 2 aromatic heterocycles.